The molecule has 0 saturated carbocycles. The van der Waals surface area contributed by atoms with E-state index in [9.17, 15) is 9.18 Å². The third kappa shape index (κ3) is 3.37. The Kier molecular flexibility index (Phi) is 4.84. The highest BCUT2D eigenvalue weighted by Crippen LogP contribution is 2.44. The van der Waals surface area contributed by atoms with Gasteiger partial charge in [-0.2, -0.15) is 0 Å². The van der Waals surface area contributed by atoms with Crippen molar-refractivity contribution < 1.29 is 18.7 Å². The molecule has 1 amide bonds. The average molecular weight is 402 g/mol. The van der Waals surface area contributed by atoms with E-state index in [1.54, 1.807) is 18.3 Å². The van der Waals surface area contributed by atoms with Gasteiger partial charge in [-0.1, -0.05) is 0 Å². The lowest BCUT2D eigenvalue weighted by Gasteiger charge is -2.28. The highest BCUT2D eigenvalue weighted by Gasteiger charge is 2.30. The molecule has 2 atom stereocenters. The third-order valence-corrected chi connectivity index (χ3v) is 5.06. The van der Waals surface area contributed by atoms with E-state index in [0.717, 1.165) is 21.5 Å². The topological polar surface area (TPSA) is 89.1 Å². The minimum absolute atomic E-state index is 0.110. The fraction of sp³-hybridized carbons (Fsp3) is 0.316. The smallest absolute Gasteiger partial charge is 0.222 e. The van der Waals surface area contributed by atoms with Crippen molar-refractivity contribution >= 4 is 34.4 Å². The summed E-state index contributed by atoms with van der Waals surface area (Å²) in [6.07, 6.45) is 3.56. The number of amides is 1. The normalized spacial score (nSPS) is 16.8. The highest BCUT2D eigenvalue weighted by atomic mass is 32.2. The van der Waals surface area contributed by atoms with Gasteiger partial charge in [0.15, 0.2) is 17.6 Å². The van der Waals surface area contributed by atoms with Gasteiger partial charge >= 0.3 is 0 Å². The maximum atomic E-state index is 13.7. The number of hydrogen-bond acceptors (Lipinski definition) is 6. The number of ether oxygens (including phenoxy) is 2. The van der Waals surface area contributed by atoms with E-state index in [1.807, 2.05) is 12.5 Å². The zero-order chi connectivity index (χ0) is 19.8. The van der Waals surface area contributed by atoms with Gasteiger partial charge in [-0.25, -0.2) is 14.4 Å². The Balaban J connectivity index is 1.85. The predicted octanol–water partition coefficient (Wildman–Crippen LogP) is 3.80. The summed E-state index contributed by atoms with van der Waals surface area (Å²) in [5.74, 6) is 1.19. The molecule has 1 aliphatic heterocycles. The first-order valence-corrected chi connectivity index (χ1v) is 9.96. The predicted molar refractivity (Wildman–Crippen MR) is 106 cm³/mol. The molecule has 0 saturated heterocycles. The zero-order valence-corrected chi connectivity index (χ0v) is 16.4. The Morgan fingerprint density at radius 3 is 3.00 bits per heavy atom. The number of aromatic amines is 1. The van der Waals surface area contributed by atoms with Crippen LogP contribution < -0.4 is 14.8 Å². The molecule has 146 valence electrons. The van der Waals surface area contributed by atoms with Crippen molar-refractivity contribution in [3.05, 3.63) is 24.5 Å². The minimum atomic E-state index is -1.15. The quantitative estimate of drug-likeness (QED) is 0.645. The van der Waals surface area contributed by atoms with Crippen LogP contribution in [0.4, 0.5) is 10.2 Å². The fourth-order valence-electron chi connectivity index (χ4n) is 3.06. The Hall–Kier alpha value is -2.81. The molecule has 9 heteroatoms. The van der Waals surface area contributed by atoms with Crippen LogP contribution in [0, 0.1) is 0 Å². The fourth-order valence-corrected chi connectivity index (χ4v) is 3.46. The first-order valence-electron chi connectivity index (χ1n) is 8.74. The molecule has 0 radical (unpaired) electrons. The molecule has 0 aliphatic carbocycles. The van der Waals surface area contributed by atoms with E-state index >= 15 is 0 Å². The minimum Gasteiger partial charge on any atom is -0.483 e. The molecule has 2 unspecified atom stereocenters. The number of nitrogens with zero attached hydrogens (tertiary/aromatic N) is 2. The van der Waals surface area contributed by atoms with E-state index in [1.165, 1.54) is 25.6 Å². The van der Waals surface area contributed by atoms with Crippen LogP contribution in [-0.4, -0.2) is 46.0 Å². The van der Waals surface area contributed by atoms with Gasteiger partial charge in [0.1, 0.15) is 29.3 Å². The van der Waals surface area contributed by atoms with E-state index in [-0.39, 0.29) is 12.5 Å². The number of anilines is 1. The Morgan fingerprint density at radius 2 is 2.29 bits per heavy atom. The van der Waals surface area contributed by atoms with Crippen molar-refractivity contribution in [1.82, 2.24) is 15.0 Å². The van der Waals surface area contributed by atoms with Gasteiger partial charge in [0.25, 0.3) is 0 Å². The number of rotatable bonds is 4. The van der Waals surface area contributed by atoms with Gasteiger partial charge in [0.05, 0.1) is 11.7 Å². The summed E-state index contributed by atoms with van der Waals surface area (Å²) in [4.78, 5) is 23.4. The molecule has 4 heterocycles. The molecule has 2 N–H and O–H groups in total. The van der Waals surface area contributed by atoms with Crippen LogP contribution in [0.25, 0.3) is 22.2 Å². The average Bonchev–Trinajstić information content (AvgIpc) is 3.09. The van der Waals surface area contributed by atoms with E-state index < -0.39 is 12.3 Å². The summed E-state index contributed by atoms with van der Waals surface area (Å²) < 4.78 is 25.4. The molecular formula is C19H19FN4O3S. The van der Waals surface area contributed by atoms with Gasteiger partial charge in [-0.15, -0.1) is 11.8 Å². The van der Waals surface area contributed by atoms with Crippen LogP contribution in [0.3, 0.4) is 0 Å². The van der Waals surface area contributed by atoms with Crippen molar-refractivity contribution in [3.63, 3.8) is 0 Å². The summed E-state index contributed by atoms with van der Waals surface area (Å²) in [7, 11) is 0. The molecule has 0 bridgehead atoms. The number of hydrogen-bond donors (Lipinski definition) is 2. The zero-order valence-electron chi connectivity index (χ0n) is 15.6. The monoisotopic (exact) mass is 402 g/mol. The second-order valence-electron chi connectivity index (χ2n) is 6.48. The van der Waals surface area contributed by atoms with Crippen LogP contribution in [0.15, 0.2) is 29.6 Å². The van der Waals surface area contributed by atoms with Gasteiger partial charge in [0, 0.05) is 30.1 Å². The number of nitrogens with one attached hydrogen (secondary N) is 2. The first-order chi connectivity index (χ1) is 13.5. The molecular weight excluding hydrogens is 383 g/mol. The Labute approximate surface area is 165 Å². The number of fused-ring (bicyclic) bond motifs is 2. The standard InChI is InChI=1S/C19H19FN4O3S/c1-9(20)15-8-26-19-14(27-15)5-17(28-3)24-18(19)12-6-21-13-7-22-16(4-11(12)13)23-10(2)25/h4-7,9,15,21H,8H2,1-3H3,(H,22,23,25). The van der Waals surface area contributed by atoms with E-state index in [0.29, 0.717) is 23.0 Å². The maximum Gasteiger partial charge on any atom is 0.222 e. The lowest BCUT2D eigenvalue weighted by molar-refractivity contribution is -0.114. The largest absolute Gasteiger partial charge is 0.483 e. The van der Waals surface area contributed by atoms with Gasteiger partial charge in [0.2, 0.25) is 5.91 Å². The van der Waals surface area contributed by atoms with Crippen molar-refractivity contribution in [2.75, 3.05) is 18.2 Å². The second kappa shape index (κ2) is 7.31. The SMILES string of the molecule is CSc1cc2c(c(-c3c[nH]c4cnc(NC(C)=O)cc34)n1)OCC(C(C)F)O2. The number of aromatic nitrogens is 3. The third-order valence-electron chi connectivity index (χ3n) is 4.43. The lowest BCUT2D eigenvalue weighted by atomic mass is 10.1. The number of halogens is 1. The molecule has 7 nitrogen and oxygen atoms in total. The van der Waals surface area contributed by atoms with Crippen molar-refractivity contribution in [2.45, 2.75) is 31.1 Å². The number of carbonyl (C=O) groups excluding carboxylic acids is 1. The number of alkyl halides is 1. The number of thioether (sulfide) groups is 1. The van der Waals surface area contributed by atoms with Crippen molar-refractivity contribution in [3.8, 4) is 22.8 Å². The lowest BCUT2D eigenvalue weighted by Crippen LogP contribution is -2.36. The summed E-state index contributed by atoms with van der Waals surface area (Å²) >= 11 is 1.46. The molecule has 0 spiro atoms. The van der Waals surface area contributed by atoms with Crippen LogP contribution in [0.2, 0.25) is 0 Å². The van der Waals surface area contributed by atoms with Crippen molar-refractivity contribution in [2.24, 2.45) is 0 Å². The van der Waals surface area contributed by atoms with Crippen molar-refractivity contribution in [1.29, 1.82) is 0 Å². The Bertz CT molecular complexity index is 1050. The number of pyridine rings is 2. The van der Waals surface area contributed by atoms with Crippen LogP contribution in [0.5, 0.6) is 11.5 Å². The number of H-pyrrole nitrogens is 1. The summed E-state index contributed by atoms with van der Waals surface area (Å²) in [5, 5.41) is 4.24. The molecule has 4 rings (SSSR count). The molecule has 1 aliphatic rings. The second-order valence-corrected chi connectivity index (χ2v) is 7.31. The summed E-state index contributed by atoms with van der Waals surface area (Å²) in [6, 6.07) is 3.54. The van der Waals surface area contributed by atoms with Gasteiger partial charge < -0.3 is 19.8 Å². The molecule has 0 fully saturated rings. The van der Waals surface area contributed by atoms with Gasteiger partial charge in [-0.05, 0) is 19.2 Å². The molecule has 3 aromatic heterocycles. The van der Waals surface area contributed by atoms with Crippen LogP contribution in [-0.2, 0) is 4.79 Å². The maximum absolute atomic E-state index is 13.7. The Morgan fingerprint density at radius 1 is 1.46 bits per heavy atom. The van der Waals surface area contributed by atoms with E-state index in [4.69, 9.17) is 14.5 Å². The highest BCUT2D eigenvalue weighted by molar-refractivity contribution is 7.98. The molecule has 0 aromatic carbocycles. The number of carbonyl (C=O) groups is 1. The first kappa shape index (κ1) is 18.5. The summed E-state index contributed by atoms with van der Waals surface area (Å²) in [6.45, 7) is 2.99. The molecule has 28 heavy (non-hydrogen) atoms. The van der Waals surface area contributed by atoms with Crippen LogP contribution >= 0.6 is 11.8 Å². The van der Waals surface area contributed by atoms with Gasteiger partial charge in [-0.3, -0.25) is 4.79 Å². The molecule has 3 aromatic rings. The van der Waals surface area contributed by atoms with E-state index in [2.05, 4.69) is 15.3 Å². The van der Waals surface area contributed by atoms with Crippen LogP contribution in [0.1, 0.15) is 13.8 Å². The summed E-state index contributed by atoms with van der Waals surface area (Å²) in [5.41, 5.74) is 2.17.